The fourth-order valence-electron chi connectivity index (χ4n) is 3.87. The summed E-state index contributed by atoms with van der Waals surface area (Å²) in [5.74, 6) is 0.150. The zero-order chi connectivity index (χ0) is 23.0. The zero-order valence-electron chi connectivity index (χ0n) is 18.1. The standard InChI is InChI=1S/C23H26N6O4/c30-22(16-6-8-17(9-7-16)23(31)32)24-18-10-13-29(14-11-18)12-3-15-33-20-5-2-1-4-19(20)21-25-27-28-26-21/h1-2,4-9,18H,3,10-15H2,(H,24,30)(H,31,32)(H,25,26,27,28). The van der Waals surface area contributed by atoms with Gasteiger partial charge in [0.25, 0.3) is 5.91 Å². The molecule has 3 aromatic rings. The Bertz CT molecular complexity index is 1060. The lowest BCUT2D eigenvalue weighted by molar-refractivity contribution is 0.0696. The number of carbonyl (C=O) groups excluding carboxylic acids is 1. The Labute approximate surface area is 191 Å². The van der Waals surface area contributed by atoms with E-state index in [-0.39, 0.29) is 17.5 Å². The molecule has 0 bridgehead atoms. The van der Waals surface area contributed by atoms with Crippen LogP contribution in [0.25, 0.3) is 11.4 Å². The number of para-hydroxylation sites is 1. The molecule has 10 heteroatoms. The summed E-state index contributed by atoms with van der Waals surface area (Å²) < 4.78 is 5.96. The number of ether oxygens (including phenoxy) is 1. The van der Waals surface area contributed by atoms with E-state index in [9.17, 15) is 9.59 Å². The lowest BCUT2D eigenvalue weighted by Crippen LogP contribution is -2.45. The highest BCUT2D eigenvalue weighted by Gasteiger charge is 2.21. The molecule has 2 aromatic carbocycles. The molecule has 2 heterocycles. The van der Waals surface area contributed by atoms with Gasteiger partial charge >= 0.3 is 5.97 Å². The van der Waals surface area contributed by atoms with Gasteiger partial charge in [0.05, 0.1) is 17.7 Å². The van der Waals surface area contributed by atoms with Gasteiger partial charge in [-0.2, -0.15) is 0 Å². The molecule has 0 radical (unpaired) electrons. The Balaban J connectivity index is 1.17. The molecule has 1 aromatic heterocycles. The number of aromatic nitrogens is 4. The van der Waals surface area contributed by atoms with Gasteiger partial charge in [0.2, 0.25) is 0 Å². The van der Waals surface area contributed by atoms with Crippen molar-refractivity contribution in [3.05, 3.63) is 59.7 Å². The van der Waals surface area contributed by atoms with Crippen LogP contribution >= 0.6 is 0 Å². The van der Waals surface area contributed by atoms with Crippen LogP contribution in [0.3, 0.4) is 0 Å². The van der Waals surface area contributed by atoms with Crippen LogP contribution in [0.15, 0.2) is 48.5 Å². The van der Waals surface area contributed by atoms with Gasteiger partial charge in [0.15, 0.2) is 5.82 Å². The number of rotatable bonds is 9. The summed E-state index contributed by atoms with van der Waals surface area (Å²) in [4.78, 5) is 25.7. The molecule has 33 heavy (non-hydrogen) atoms. The first kappa shape index (κ1) is 22.4. The summed E-state index contributed by atoms with van der Waals surface area (Å²) in [6.07, 6.45) is 2.64. The third kappa shape index (κ3) is 5.92. The number of benzene rings is 2. The molecule has 0 spiro atoms. The van der Waals surface area contributed by atoms with E-state index in [1.165, 1.54) is 12.1 Å². The second kappa shape index (κ2) is 10.7. The number of nitrogens with one attached hydrogen (secondary N) is 2. The van der Waals surface area contributed by atoms with E-state index in [0.29, 0.717) is 18.0 Å². The molecule has 1 amide bonds. The van der Waals surface area contributed by atoms with E-state index >= 15 is 0 Å². The lowest BCUT2D eigenvalue weighted by Gasteiger charge is -2.32. The van der Waals surface area contributed by atoms with E-state index in [1.54, 1.807) is 12.1 Å². The molecule has 172 valence electrons. The number of hydrogen-bond acceptors (Lipinski definition) is 7. The van der Waals surface area contributed by atoms with Crippen molar-refractivity contribution in [1.82, 2.24) is 30.8 Å². The van der Waals surface area contributed by atoms with Crippen LogP contribution < -0.4 is 10.1 Å². The largest absolute Gasteiger partial charge is 0.493 e. The number of likely N-dealkylation sites (tertiary alicyclic amines) is 1. The molecule has 4 rings (SSSR count). The van der Waals surface area contributed by atoms with Crippen LogP contribution in [0.4, 0.5) is 0 Å². The molecular formula is C23H26N6O4. The maximum Gasteiger partial charge on any atom is 0.335 e. The molecular weight excluding hydrogens is 424 g/mol. The second-order valence-corrected chi connectivity index (χ2v) is 7.92. The van der Waals surface area contributed by atoms with E-state index in [2.05, 4.69) is 30.8 Å². The molecule has 0 aliphatic carbocycles. The van der Waals surface area contributed by atoms with Gasteiger partial charge < -0.3 is 20.1 Å². The topological polar surface area (TPSA) is 133 Å². The summed E-state index contributed by atoms with van der Waals surface area (Å²) in [7, 11) is 0. The molecule has 1 saturated heterocycles. The fraction of sp³-hybridized carbons (Fsp3) is 0.348. The fourth-order valence-corrected chi connectivity index (χ4v) is 3.87. The minimum Gasteiger partial charge on any atom is -0.493 e. The number of H-pyrrole nitrogens is 1. The molecule has 1 fully saturated rings. The molecule has 1 aliphatic heterocycles. The van der Waals surface area contributed by atoms with Crippen LogP contribution in [0.5, 0.6) is 5.75 Å². The first-order chi connectivity index (χ1) is 16.1. The first-order valence-corrected chi connectivity index (χ1v) is 10.9. The highest BCUT2D eigenvalue weighted by atomic mass is 16.5. The van der Waals surface area contributed by atoms with E-state index in [4.69, 9.17) is 9.84 Å². The van der Waals surface area contributed by atoms with Crippen LogP contribution in [0.1, 0.15) is 40.0 Å². The monoisotopic (exact) mass is 450 g/mol. The van der Waals surface area contributed by atoms with Gasteiger partial charge in [-0.1, -0.05) is 12.1 Å². The number of aromatic amines is 1. The number of tetrazole rings is 1. The maximum atomic E-state index is 12.4. The number of aromatic carboxylic acids is 1. The van der Waals surface area contributed by atoms with E-state index in [0.717, 1.165) is 50.2 Å². The van der Waals surface area contributed by atoms with Crippen molar-refractivity contribution < 1.29 is 19.4 Å². The Hall–Kier alpha value is -3.79. The van der Waals surface area contributed by atoms with Crippen molar-refractivity contribution in [1.29, 1.82) is 0 Å². The highest BCUT2D eigenvalue weighted by molar-refractivity contribution is 5.96. The zero-order valence-corrected chi connectivity index (χ0v) is 18.1. The predicted molar refractivity (Wildman–Crippen MR) is 120 cm³/mol. The number of piperidine rings is 1. The number of carboxylic acid groups (broad SMARTS) is 1. The molecule has 0 saturated carbocycles. The normalized spacial score (nSPS) is 14.7. The summed E-state index contributed by atoms with van der Waals surface area (Å²) in [5.41, 5.74) is 1.47. The van der Waals surface area contributed by atoms with Gasteiger partial charge in [-0.3, -0.25) is 4.79 Å². The third-order valence-electron chi connectivity index (χ3n) is 5.68. The first-order valence-electron chi connectivity index (χ1n) is 10.9. The summed E-state index contributed by atoms with van der Waals surface area (Å²) in [6.45, 7) is 3.32. The van der Waals surface area contributed by atoms with Crippen LogP contribution in [-0.2, 0) is 0 Å². The SMILES string of the molecule is O=C(O)c1ccc(C(=O)NC2CCN(CCCOc3ccccc3-c3nnn[nH]3)CC2)cc1. The highest BCUT2D eigenvalue weighted by Crippen LogP contribution is 2.26. The summed E-state index contributed by atoms with van der Waals surface area (Å²) in [5, 5.41) is 26.0. The minimum atomic E-state index is -1.00. The molecule has 10 nitrogen and oxygen atoms in total. The number of carbonyl (C=O) groups is 2. The smallest absolute Gasteiger partial charge is 0.335 e. The van der Waals surface area contributed by atoms with E-state index < -0.39 is 5.97 Å². The van der Waals surface area contributed by atoms with Crippen molar-refractivity contribution in [2.45, 2.75) is 25.3 Å². The van der Waals surface area contributed by atoms with Gasteiger partial charge in [0.1, 0.15) is 5.75 Å². The molecule has 0 unspecified atom stereocenters. The minimum absolute atomic E-state index is 0.117. The van der Waals surface area contributed by atoms with Crippen molar-refractivity contribution in [3.63, 3.8) is 0 Å². The third-order valence-corrected chi connectivity index (χ3v) is 5.68. The Morgan fingerprint density at radius 2 is 1.82 bits per heavy atom. The average molecular weight is 450 g/mol. The molecule has 1 aliphatic rings. The van der Waals surface area contributed by atoms with Gasteiger partial charge in [-0.15, -0.1) is 5.10 Å². The Kier molecular flexibility index (Phi) is 7.26. The van der Waals surface area contributed by atoms with Crippen LogP contribution in [-0.4, -0.2) is 74.8 Å². The van der Waals surface area contributed by atoms with Gasteiger partial charge in [-0.05, 0) is 66.1 Å². The van der Waals surface area contributed by atoms with E-state index in [1.807, 2.05) is 24.3 Å². The van der Waals surface area contributed by atoms with Crippen molar-refractivity contribution in [3.8, 4) is 17.1 Å². The number of hydrogen-bond donors (Lipinski definition) is 3. The number of amides is 1. The van der Waals surface area contributed by atoms with Crippen molar-refractivity contribution >= 4 is 11.9 Å². The van der Waals surface area contributed by atoms with Crippen LogP contribution in [0, 0.1) is 0 Å². The van der Waals surface area contributed by atoms with Gasteiger partial charge in [0, 0.05) is 31.2 Å². The number of carboxylic acids is 1. The predicted octanol–water partition coefficient (Wildman–Crippen LogP) is 2.23. The van der Waals surface area contributed by atoms with Crippen molar-refractivity contribution in [2.24, 2.45) is 0 Å². The maximum absolute atomic E-state index is 12.4. The summed E-state index contributed by atoms with van der Waals surface area (Å²) in [6, 6.07) is 13.8. The quantitative estimate of drug-likeness (QED) is 0.423. The number of nitrogens with zero attached hydrogens (tertiary/aromatic N) is 4. The average Bonchev–Trinajstić information content (AvgIpc) is 3.38. The molecule has 3 N–H and O–H groups in total. The Morgan fingerprint density at radius 3 is 2.52 bits per heavy atom. The van der Waals surface area contributed by atoms with Crippen LogP contribution in [0.2, 0.25) is 0 Å². The van der Waals surface area contributed by atoms with Crippen molar-refractivity contribution in [2.75, 3.05) is 26.2 Å². The Morgan fingerprint density at radius 1 is 1.09 bits per heavy atom. The summed E-state index contributed by atoms with van der Waals surface area (Å²) >= 11 is 0. The second-order valence-electron chi connectivity index (χ2n) is 7.92. The lowest BCUT2D eigenvalue weighted by atomic mass is 10.0. The molecule has 0 atom stereocenters. The van der Waals surface area contributed by atoms with Gasteiger partial charge in [-0.25, -0.2) is 9.89 Å².